The monoisotopic (exact) mass is 309 g/mol. The van der Waals surface area contributed by atoms with Gasteiger partial charge in [0.05, 0.1) is 22.8 Å². The molecule has 0 aliphatic carbocycles. The molecular weight excluding hydrogens is 294 g/mol. The number of tetrazole rings is 1. The Balaban J connectivity index is 2.03. The molecule has 0 amide bonds. The Bertz CT molecular complexity index is 610. The lowest BCUT2D eigenvalue weighted by Crippen LogP contribution is -2.40. The molecule has 1 unspecified atom stereocenters. The van der Waals surface area contributed by atoms with Crippen LogP contribution in [0.15, 0.2) is 0 Å². The lowest BCUT2D eigenvalue weighted by molar-refractivity contribution is 0.528. The number of aromatic amines is 1. The van der Waals surface area contributed by atoms with Crippen LogP contribution in [0.3, 0.4) is 0 Å². The summed E-state index contributed by atoms with van der Waals surface area (Å²) in [4.78, 5) is 0. The van der Waals surface area contributed by atoms with Crippen LogP contribution in [-0.4, -0.2) is 54.2 Å². The molecule has 11 heteroatoms. The predicted octanol–water partition coefficient (Wildman–Crippen LogP) is -1.24. The molecule has 1 saturated heterocycles. The molecular formula is C8H15N5O4S2. The van der Waals surface area contributed by atoms with Gasteiger partial charge in [-0.1, -0.05) is 5.21 Å². The molecule has 1 aliphatic rings. The maximum Gasteiger partial charge on any atom is 0.215 e. The number of hydrogen-bond acceptors (Lipinski definition) is 7. The minimum absolute atomic E-state index is 0.0881. The Morgan fingerprint density at radius 3 is 2.53 bits per heavy atom. The average molecular weight is 309 g/mol. The highest BCUT2D eigenvalue weighted by atomic mass is 32.2. The summed E-state index contributed by atoms with van der Waals surface area (Å²) in [5.74, 6) is 0.0663. The van der Waals surface area contributed by atoms with Crippen molar-refractivity contribution in [2.45, 2.75) is 31.1 Å². The molecule has 0 radical (unpaired) electrons. The largest absolute Gasteiger partial charge is 0.229 e. The summed E-state index contributed by atoms with van der Waals surface area (Å²) < 4.78 is 49.2. The van der Waals surface area contributed by atoms with Crippen molar-refractivity contribution < 1.29 is 16.8 Å². The fraction of sp³-hybridized carbons (Fsp3) is 0.875. The van der Waals surface area contributed by atoms with Gasteiger partial charge in [-0.2, -0.15) is 5.21 Å². The second kappa shape index (κ2) is 5.13. The molecule has 0 spiro atoms. The van der Waals surface area contributed by atoms with Crippen LogP contribution in [-0.2, 0) is 19.9 Å². The van der Waals surface area contributed by atoms with Crippen LogP contribution >= 0.6 is 0 Å². The topological polar surface area (TPSA) is 135 Å². The van der Waals surface area contributed by atoms with Gasteiger partial charge in [-0.15, -0.1) is 10.2 Å². The zero-order valence-corrected chi connectivity index (χ0v) is 11.9. The van der Waals surface area contributed by atoms with E-state index in [0.29, 0.717) is 0 Å². The van der Waals surface area contributed by atoms with Crippen molar-refractivity contribution in [3.63, 3.8) is 0 Å². The Labute approximate surface area is 111 Å². The molecule has 1 aromatic heterocycles. The van der Waals surface area contributed by atoms with E-state index in [-0.39, 0.29) is 30.2 Å². The third-order valence-corrected chi connectivity index (χ3v) is 6.78. The molecule has 2 heterocycles. The van der Waals surface area contributed by atoms with E-state index in [2.05, 4.69) is 25.3 Å². The fourth-order valence-corrected chi connectivity index (χ4v) is 5.36. The number of hydrogen-bond donors (Lipinski definition) is 2. The van der Waals surface area contributed by atoms with E-state index in [1.54, 1.807) is 6.92 Å². The first-order valence-corrected chi connectivity index (χ1v) is 9.12. The Morgan fingerprint density at radius 1 is 1.37 bits per heavy atom. The van der Waals surface area contributed by atoms with Gasteiger partial charge in [0.1, 0.15) is 9.84 Å². The van der Waals surface area contributed by atoms with Gasteiger partial charge < -0.3 is 0 Å². The van der Waals surface area contributed by atoms with Gasteiger partial charge in [-0.3, -0.25) is 0 Å². The quantitative estimate of drug-likeness (QED) is 0.710. The summed E-state index contributed by atoms with van der Waals surface area (Å²) in [6.07, 6.45) is 0.243. The number of sulfonamides is 1. The minimum Gasteiger partial charge on any atom is -0.229 e. The van der Waals surface area contributed by atoms with Crippen LogP contribution < -0.4 is 4.72 Å². The van der Waals surface area contributed by atoms with E-state index in [1.807, 2.05) is 0 Å². The van der Waals surface area contributed by atoms with Crippen molar-refractivity contribution in [1.29, 1.82) is 0 Å². The summed E-state index contributed by atoms with van der Waals surface area (Å²) in [6.45, 7) is 1.60. The Kier molecular flexibility index (Phi) is 3.87. The smallest absolute Gasteiger partial charge is 0.215 e. The first kappa shape index (κ1) is 14.3. The van der Waals surface area contributed by atoms with Crippen LogP contribution in [0.1, 0.15) is 31.6 Å². The molecule has 9 nitrogen and oxygen atoms in total. The summed E-state index contributed by atoms with van der Waals surface area (Å²) in [5, 5.41) is 12.3. The number of nitrogens with one attached hydrogen (secondary N) is 2. The number of sulfone groups is 1. The zero-order valence-electron chi connectivity index (χ0n) is 10.3. The standard InChI is InChI=1S/C8H15N5O4S2/c1-6(8-9-12-13-10-8)11-19(16,17)7-2-4-18(14,15)5-3-7/h6-7,11H,2-5H2,1H3,(H,9,10,12,13). The number of aromatic nitrogens is 4. The maximum absolute atomic E-state index is 12.1. The highest BCUT2D eigenvalue weighted by molar-refractivity contribution is 7.92. The van der Waals surface area contributed by atoms with Crippen molar-refractivity contribution >= 4 is 19.9 Å². The van der Waals surface area contributed by atoms with E-state index < -0.39 is 31.2 Å². The van der Waals surface area contributed by atoms with Crippen molar-refractivity contribution in [2.24, 2.45) is 0 Å². The molecule has 2 N–H and O–H groups in total. The van der Waals surface area contributed by atoms with Crippen LogP contribution in [0.25, 0.3) is 0 Å². The average Bonchev–Trinajstić information content (AvgIpc) is 2.81. The summed E-state index contributed by atoms with van der Waals surface area (Å²) in [6, 6.07) is -0.609. The van der Waals surface area contributed by atoms with Gasteiger partial charge in [0.25, 0.3) is 0 Å². The zero-order chi connectivity index (χ0) is 14.1. The van der Waals surface area contributed by atoms with Gasteiger partial charge in [0.2, 0.25) is 10.0 Å². The molecule has 1 atom stereocenters. The Morgan fingerprint density at radius 2 is 2.00 bits per heavy atom. The molecule has 0 bridgehead atoms. The number of H-pyrrole nitrogens is 1. The van der Waals surface area contributed by atoms with Crippen LogP contribution in [0, 0.1) is 0 Å². The van der Waals surface area contributed by atoms with Gasteiger partial charge in [0.15, 0.2) is 5.82 Å². The first-order valence-electron chi connectivity index (χ1n) is 5.75. The second-order valence-electron chi connectivity index (χ2n) is 4.51. The summed E-state index contributed by atoms with van der Waals surface area (Å²) in [5.41, 5.74) is 0. The molecule has 1 fully saturated rings. The van der Waals surface area contributed by atoms with E-state index in [0.717, 1.165) is 0 Å². The predicted molar refractivity (Wildman–Crippen MR) is 66.3 cm³/mol. The minimum atomic E-state index is -3.59. The molecule has 0 aromatic carbocycles. The summed E-state index contributed by atoms with van der Waals surface area (Å²) in [7, 11) is -6.67. The number of rotatable bonds is 4. The maximum atomic E-state index is 12.1. The molecule has 108 valence electrons. The van der Waals surface area contributed by atoms with Gasteiger partial charge in [-0.05, 0) is 19.8 Å². The van der Waals surface area contributed by atoms with Crippen molar-refractivity contribution in [2.75, 3.05) is 11.5 Å². The van der Waals surface area contributed by atoms with Gasteiger partial charge in [-0.25, -0.2) is 21.6 Å². The molecule has 2 rings (SSSR count). The van der Waals surface area contributed by atoms with E-state index >= 15 is 0 Å². The lowest BCUT2D eigenvalue weighted by Gasteiger charge is -2.23. The first-order chi connectivity index (χ1) is 8.80. The third-order valence-electron chi connectivity index (χ3n) is 3.03. The van der Waals surface area contributed by atoms with Crippen molar-refractivity contribution in [1.82, 2.24) is 25.3 Å². The van der Waals surface area contributed by atoms with Gasteiger partial charge >= 0.3 is 0 Å². The molecule has 1 aliphatic heterocycles. The second-order valence-corrected chi connectivity index (χ2v) is 8.80. The SMILES string of the molecule is CC(NS(=O)(=O)C1CCS(=O)(=O)CC1)c1nn[nH]n1. The van der Waals surface area contributed by atoms with E-state index in [4.69, 9.17) is 0 Å². The van der Waals surface area contributed by atoms with Crippen LogP contribution in [0.2, 0.25) is 0 Å². The normalized spacial score (nSPS) is 22.2. The summed E-state index contributed by atoms with van der Waals surface area (Å²) >= 11 is 0. The highest BCUT2D eigenvalue weighted by Crippen LogP contribution is 2.20. The third kappa shape index (κ3) is 3.48. The van der Waals surface area contributed by atoms with Crippen LogP contribution in [0.4, 0.5) is 0 Å². The molecule has 1 aromatic rings. The van der Waals surface area contributed by atoms with Gasteiger partial charge in [0, 0.05) is 0 Å². The van der Waals surface area contributed by atoms with Crippen LogP contribution in [0.5, 0.6) is 0 Å². The highest BCUT2D eigenvalue weighted by Gasteiger charge is 2.34. The lowest BCUT2D eigenvalue weighted by atomic mass is 10.2. The fourth-order valence-electron chi connectivity index (χ4n) is 1.93. The van der Waals surface area contributed by atoms with Crippen molar-refractivity contribution in [3.8, 4) is 0 Å². The molecule has 19 heavy (non-hydrogen) atoms. The van der Waals surface area contributed by atoms with Crippen molar-refractivity contribution in [3.05, 3.63) is 5.82 Å². The van der Waals surface area contributed by atoms with E-state index in [1.165, 1.54) is 0 Å². The number of nitrogens with zero attached hydrogens (tertiary/aromatic N) is 3. The molecule has 0 saturated carbocycles. The van der Waals surface area contributed by atoms with E-state index in [9.17, 15) is 16.8 Å². The Hall–Kier alpha value is -1.07.